The molecular weight excluding hydrogens is 352 g/mol. The highest BCUT2D eigenvalue weighted by Gasteiger charge is 2.19. The summed E-state index contributed by atoms with van der Waals surface area (Å²) in [6, 6.07) is 2.79. The summed E-state index contributed by atoms with van der Waals surface area (Å²) in [5.74, 6) is 1.40. The van der Waals surface area contributed by atoms with Crippen molar-refractivity contribution in [1.82, 2.24) is 20.0 Å². The Kier molecular flexibility index (Phi) is 6.70. The Hall–Kier alpha value is -2.37. The van der Waals surface area contributed by atoms with E-state index in [1.807, 2.05) is 19.9 Å². The first-order valence-corrected chi connectivity index (χ1v) is 10.4. The van der Waals surface area contributed by atoms with Gasteiger partial charge in [0.25, 0.3) is 0 Å². The van der Waals surface area contributed by atoms with E-state index in [2.05, 4.69) is 39.9 Å². The van der Waals surface area contributed by atoms with Crippen LogP contribution in [0.1, 0.15) is 86.6 Å². The Morgan fingerprint density at radius 3 is 2.75 bits per heavy atom. The molecular formula is C22H32N4O2. The summed E-state index contributed by atoms with van der Waals surface area (Å²) in [7, 11) is 0. The van der Waals surface area contributed by atoms with Crippen LogP contribution in [0.5, 0.6) is 0 Å². The van der Waals surface area contributed by atoms with Crippen LogP contribution in [-0.2, 0) is 11.2 Å². The molecule has 1 N–H and O–H groups in total. The number of aromatic nitrogens is 3. The van der Waals surface area contributed by atoms with Crippen molar-refractivity contribution >= 4 is 12.0 Å². The minimum Gasteiger partial charge on any atom is -0.352 e. The second-order valence-corrected chi connectivity index (χ2v) is 8.06. The Labute approximate surface area is 167 Å². The van der Waals surface area contributed by atoms with Gasteiger partial charge in [-0.25, -0.2) is 0 Å². The zero-order valence-corrected chi connectivity index (χ0v) is 17.5. The van der Waals surface area contributed by atoms with E-state index in [4.69, 9.17) is 4.52 Å². The summed E-state index contributed by atoms with van der Waals surface area (Å²) >= 11 is 0. The van der Waals surface area contributed by atoms with Gasteiger partial charge in [-0.2, -0.15) is 4.98 Å². The van der Waals surface area contributed by atoms with Crippen LogP contribution in [0.25, 0.3) is 6.08 Å². The van der Waals surface area contributed by atoms with Crippen LogP contribution in [0.3, 0.4) is 0 Å². The van der Waals surface area contributed by atoms with E-state index in [0.717, 1.165) is 5.56 Å². The predicted molar refractivity (Wildman–Crippen MR) is 110 cm³/mol. The number of rotatable bonds is 7. The van der Waals surface area contributed by atoms with Gasteiger partial charge in [0.05, 0.1) is 0 Å². The maximum atomic E-state index is 12.2. The van der Waals surface area contributed by atoms with Crippen LogP contribution in [0.15, 0.2) is 16.7 Å². The van der Waals surface area contributed by atoms with Crippen molar-refractivity contribution in [1.29, 1.82) is 0 Å². The fourth-order valence-electron chi connectivity index (χ4n) is 3.99. The lowest BCUT2D eigenvalue weighted by Crippen LogP contribution is -2.23. The molecule has 6 nitrogen and oxygen atoms in total. The van der Waals surface area contributed by atoms with Crippen LogP contribution >= 0.6 is 0 Å². The molecule has 2 aromatic heterocycles. The number of carbonyl (C=O) groups excluding carboxylic acids is 1. The zero-order chi connectivity index (χ0) is 20.1. The van der Waals surface area contributed by atoms with Gasteiger partial charge in [-0.3, -0.25) is 4.79 Å². The number of carbonyl (C=O) groups is 1. The van der Waals surface area contributed by atoms with Gasteiger partial charge in [0.2, 0.25) is 11.8 Å². The maximum absolute atomic E-state index is 12.2. The smallest absolute Gasteiger partial charge is 0.244 e. The van der Waals surface area contributed by atoms with E-state index in [-0.39, 0.29) is 11.8 Å². The number of amides is 1. The average molecular weight is 385 g/mol. The molecule has 0 atom stereocenters. The van der Waals surface area contributed by atoms with Gasteiger partial charge in [0.15, 0.2) is 5.82 Å². The molecule has 1 saturated carbocycles. The summed E-state index contributed by atoms with van der Waals surface area (Å²) in [6.45, 7) is 8.83. The van der Waals surface area contributed by atoms with Crippen LogP contribution in [0.2, 0.25) is 0 Å². The van der Waals surface area contributed by atoms with Crippen molar-refractivity contribution in [3.63, 3.8) is 0 Å². The van der Waals surface area contributed by atoms with Gasteiger partial charge in [0, 0.05) is 42.4 Å². The molecule has 2 aromatic rings. The molecule has 0 aromatic carbocycles. The van der Waals surface area contributed by atoms with E-state index in [0.29, 0.717) is 30.7 Å². The molecule has 6 heteroatoms. The number of aryl methyl sites for hydroxylation is 1. The zero-order valence-electron chi connectivity index (χ0n) is 17.5. The van der Waals surface area contributed by atoms with Crippen LogP contribution in [0, 0.1) is 13.8 Å². The Balaban J connectivity index is 1.53. The van der Waals surface area contributed by atoms with Gasteiger partial charge < -0.3 is 14.4 Å². The van der Waals surface area contributed by atoms with Crippen LogP contribution in [-0.4, -0.2) is 27.2 Å². The van der Waals surface area contributed by atoms with Crippen molar-refractivity contribution in [2.24, 2.45) is 0 Å². The molecule has 28 heavy (non-hydrogen) atoms. The van der Waals surface area contributed by atoms with Crippen LogP contribution in [0.4, 0.5) is 0 Å². The fraction of sp³-hybridized carbons (Fsp3) is 0.591. The monoisotopic (exact) mass is 384 g/mol. The van der Waals surface area contributed by atoms with Crippen molar-refractivity contribution in [2.45, 2.75) is 78.2 Å². The third-order valence-corrected chi connectivity index (χ3v) is 5.52. The SMILES string of the molecule is Cc1cc(/C=C/C(=O)NCCc2nc(C(C)C)no2)c(C)n1C1CCCCC1. The molecule has 0 radical (unpaired) electrons. The van der Waals surface area contributed by atoms with Gasteiger partial charge >= 0.3 is 0 Å². The molecule has 1 fully saturated rings. The number of nitrogens with zero attached hydrogens (tertiary/aromatic N) is 3. The topological polar surface area (TPSA) is 73.0 Å². The van der Waals surface area contributed by atoms with Gasteiger partial charge in [-0.1, -0.05) is 38.3 Å². The van der Waals surface area contributed by atoms with Crippen LogP contribution < -0.4 is 5.32 Å². The third-order valence-electron chi connectivity index (χ3n) is 5.52. The second kappa shape index (κ2) is 9.22. The Morgan fingerprint density at radius 2 is 2.07 bits per heavy atom. The molecule has 0 saturated heterocycles. The van der Waals surface area contributed by atoms with E-state index in [1.165, 1.54) is 43.5 Å². The summed E-state index contributed by atoms with van der Waals surface area (Å²) in [4.78, 5) is 16.5. The molecule has 0 bridgehead atoms. The van der Waals surface area contributed by atoms with Crippen molar-refractivity contribution in [3.05, 3.63) is 40.8 Å². The lowest BCUT2D eigenvalue weighted by atomic mass is 9.95. The molecule has 2 heterocycles. The van der Waals surface area contributed by atoms with E-state index < -0.39 is 0 Å². The quantitative estimate of drug-likeness (QED) is 0.714. The molecule has 0 spiro atoms. The number of hydrogen-bond acceptors (Lipinski definition) is 4. The molecule has 152 valence electrons. The second-order valence-electron chi connectivity index (χ2n) is 8.06. The summed E-state index contributed by atoms with van der Waals surface area (Å²) < 4.78 is 7.65. The first-order valence-electron chi connectivity index (χ1n) is 10.4. The molecule has 1 aliphatic carbocycles. The molecule has 1 amide bonds. The summed E-state index contributed by atoms with van der Waals surface area (Å²) in [5.41, 5.74) is 3.65. The van der Waals surface area contributed by atoms with Gasteiger partial charge in [-0.05, 0) is 44.4 Å². The molecule has 0 aliphatic heterocycles. The number of nitrogens with one attached hydrogen (secondary N) is 1. The first-order chi connectivity index (χ1) is 13.5. The molecule has 1 aliphatic rings. The predicted octanol–water partition coefficient (Wildman–Crippen LogP) is 4.49. The maximum Gasteiger partial charge on any atom is 0.244 e. The summed E-state index contributed by atoms with van der Waals surface area (Å²) in [5, 5.41) is 6.82. The van der Waals surface area contributed by atoms with Crippen molar-refractivity contribution in [3.8, 4) is 0 Å². The third kappa shape index (κ3) is 4.91. The lowest BCUT2D eigenvalue weighted by Gasteiger charge is -2.26. The normalized spacial score (nSPS) is 15.6. The average Bonchev–Trinajstić information content (AvgIpc) is 3.25. The van der Waals surface area contributed by atoms with Crippen molar-refractivity contribution < 1.29 is 9.32 Å². The van der Waals surface area contributed by atoms with Crippen molar-refractivity contribution in [2.75, 3.05) is 6.54 Å². The molecule has 3 rings (SSSR count). The first kappa shape index (κ1) is 20.4. The largest absolute Gasteiger partial charge is 0.352 e. The highest BCUT2D eigenvalue weighted by Crippen LogP contribution is 2.32. The van der Waals surface area contributed by atoms with Gasteiger partial charge in [-0.15, -0.1) is 0 Å². The van der Waals surface area contributed by atoms with E-state index >= 15 is 0 Å². The lowest BCUT2D eigenvalue weighted by molar-refractivity contribution is -0.116. The highest BCUT2D eigenvalue weighted by atomic mass is 16.5. The minimum absolute atomic E-state index is 0.105. The standard InChI is InChI=1S/C22H32N4O2/c1-15(2)22-24-21(28-25-22)12-13-23-20(27)11-10-18-14-16(3)26(17(18)4)19-8-6-5-7-9-19/h10-11,14-15,19H,5-9,12-13H2,1-4H3,(H,23,27)/b11-10+. The Morgan fingerprint density at radius 1 is 1.32 bits per heavy atom. The molecule has 0 unspecified atom stereocenters. The van der Waals surface area contributed by atoms with E-state index in [9.17, 15) is 4.79 Å². The summed E-state index contributed by atoms with van der Waals surface area (Å²) in [6.07, 6.45) is 10.6. The fourth-order valence-corrected chi connectivity index (χ4v) is 3.99. The van der Waals surface area contributed by atoms with E-state index in [1.54, 1.807) is 6.08 Å². The Bertz CT molecular complexity index is 826. The van der Waals surface area contributed by atoms with Gasteiger partial charge in [0.1, 0.15) is 0 Å². The highest BCUT2D eigenvalue weighted by molar-refractivity contribution is 5.91. The minimum atomic E-state index is -0.105. The number of hydrogen-bond donors (Lipinski definition) is 1.